The summed E-state index contributed by atoms with van der Waals surface area (Å²) in [5, 5.41) is 23.3. The maximum atomic E-state index is 13.6. The van der Waals surface area contributed by atoms with E-state index in [0.29, 0.717) is 48.7 Å². The maximum Gasteiger partial charge on any atom is 0.251 e. The number of carbonyl (C=O) groups is 1. The standard InChI is InChI=1S/C28H39N5O5S2.ClH/c1-3-30-22-14-21(15-23(16-22)33-10-4-5-12-40(33,36)37)28(35)32-25(17-27-31-9-11-39-27)26(34)19-29-18-20-7-6-8-24(13-20)38-2;/h6-9,11,13-16,25-26,29-30,34,36-37H,3-5,10,12,17-19H2,1-2H3,(H,32,35);1H/t25-,26-;/m0./s1. The normalized spacial score (nSPS) is 16.7. The first-order valence-corrected chi connectivity index (χ1v) is 16.0. The summed E-state index contributed by atoms with van der Waals surface area (Å²) in [4.78, 5) is 17.9. The first-order valence-electron chi connectivity index (χ1n) is 13.4. The summed E-state index contributed by atoms with van der Waals surface area (Å²) in [5.41, 5.74) is 2.68. The zero-order chi connectivity index (χ0) is 28.5. The predicted molar refractivity (Wildman–Crippen MR) is 170 cm³/mol. The largest absolute Gasteiger partial charge is 0.497 e. The van der Waals surface area contributed by atoms with E-state index in [4.69, 9.17) is 4.74 Å². The number of methoxy groups -OCH3 is 1. The van der Waals surface area contributed by atoms with Crippen LogP contribution in [0.2, 0.25) is 0 Å². The molecule has 0 unspecified atom stereocenters. The molecule has 2 atom stereocenters. The molecular formula is C28H40ClN5O5S2. The number of nitrogens with one attached hydrogen (secondary N) is 3. The van der Waals surface area contributed by atoms with Crippen LogP contribution in [0.1, 0.15) is 40.7 Å². The number of aromatic nitrogens is 1. The van der Waals surface area contributed by atoms with Crippen LogP contribution in [0.25, 0.3) is 0 Å². The lowest BCUT2D eigenvalue weighted by atomic mass is 10.1. The molecule has 0 radical (unpaired) electrons. The summed E-state index contributed by atoms with van der Waals surface area (Å²) in [6.45, 7) is 3.89. The van der Waals surface area contributed by atoms with E-state index in [-0.39, 0.29) is 24.9 Å². The Morgan fingerprint density at radius 1 is 1.22 bits per heavy atom. The number of nitrogens with zero attached hydrogens (tertiary/aromatic N) is 2. The summed E-state index contributed by atoms with van der Waals surface area (Å²) >= 11 is 1.47. The second-order valence-electron chi connectivity index (χ2n) is 9.70. The van der Waals surface area contributed by atoms with Crippen LogP contribution in [0.4, 0.5) is 11.4 Å². The Balaban J connectivity index is 0.00000462. The van der Waals surface area contributed by atoms with Gasteiger partial charge in [-0.3, -0.25) is 18.2 Å². The third kappa shape index (κ3) is 9.20. The van der Waals surface area contributed by atoms with Crippen LogP contribution < -0.4 is 25.0 Å². The minimum absolute atomic E-state index is 0. The van der Waals surface area contributed by atoms with Gasteiger partial charge in [-0.25, -0.2) is 4.98 Å². The third-order valence-corrected chi connectivity index (χ3v) is 9.44. The lowest BCUT2D eigenvalue weighted by Crippen LogP contribution is -2.48. The molecular weight excluding hydrogens is 586 g/mol. The molecule has 0 spiro atoms. The number of carbonyl (C=O) groups excluding carboxylic acids is 1. The Labute approximate surface area is 253 Å². The number of hydrogen-bond acceptors (Lipinski definition) is 10. The first-order chi connectivity index (χ1) is 19.3. The monoisotopic (exact) mass is 625 g/mol. The van der Waals surface area contributed by atoms with Gasteiger partial charge in [-0.2, -0.15) is 0 Å². The lowest BCUT2D eigenvalue weighted by molar-refractivity contribution is 0.0830. The predicted octanol–water partition coefficient (Wildman–Crippen LogP) is 4.76. The molecule has 1 aliphatic heterocycles. The smallest absolute Gasteiger partial charge is 0.251 e. The quantitative estimate of drug-likeness (QED) is 0.159. The van der Waals surface area contributed by atoms with Gasteiger partial charge in [0.05, 0.1) is 35.7 Å². The van der Waals surface area contributed by atoms with Crippen molar-refractivity contribution in [2.24, 2.45) is 0 Å². The summed E-state index contributed by atoms with van der Waals surface area (Å²) < 4.78 is 28.3. The fraction of sp³-hybridized carbons (Fsp3) is 0.429. The topological polar surface area (TPSA) is 139 Å². The van der Waals surface area contributed by atoms with Gasteiger partial charge in [0.1, 0.15) is 5.75 Å². The van der Waals surface area contributed by atoms with Crippen LogP contribution in [-0.4, -0.2) is 69.7 Å². The van der Waals surface area contributed by atoms with E-state index in [0.717, 1.165) is 29.2 Å². The SMILES string of the molecule is CCNc1cc(C(=O)N[C@@H](Cc2nccs2)[C@@H](O)CNCc2cccc(OC)c2)cc(N2CCCCS2(O)O)c1.Cl. The van der Waals surface area contributed by atoms with Crippen molar-refractivity contribution in [2.45, 2.75) is 44.9 Å². The first kappa shape index (κ1) is 32.9. The Hall–Kier alpha value is -2.58. The van der Waals surface area contributed by atoms with Gasteiger partial charge in [0.2, 0.25) is 0 Å². The highest BCUT2D eigenvalue weighted by atomic mass is 35.5. The molecule has 6 N–H and O–H groups in total. The summed E-state index contributed by atoms with van der Waals surface area (Å²) in [6.07, 6.45) is 2.78. The Morgan fingerprint density at radius 3 is 2.76 bits per heavy atom. The third-order valence-electron chi connectivity index (χ3n) is 6.71. The number of ether oxygens (including phenoxy) is 1. The number of aliphatic hydroxyl groups excluding tert-OH is 1. The molecule has 3 aromatic rings. The second-order valence-corrected chi connectivity index (χ2v) is 12.8. The number of rotatable bonds is 13. The van der Waals surface area contributed by atoms with Gasteiger partial charge in [-0.15, -0.1) is 34.5 Å². The van der Waals surface area contributed by atoms with E-state index in [1.807, 2.05) is 42.6 Å². The number of hydrogen-bond donors (Lipinski definition) is 6. The molecule has 226 valence electrons. The molecule has 41 heavy (non-hydrogen) atoms. The van der Waals surface area contributed by atoms with Crippen molar-refractivity contribution in [3.05, 3.63) is 70.2 Å². The summed E-state index contributed by atoms with van der Waals surface area (Å²) in [6, 6.07) is 12.4. The van der Waals surface area contributed by atoms with Crippen molar-refractivity contribution in [3.8, 4) is 5.75 Å². The highest BCUT2D eigenvalue weighted by molar-refractivity contribution is 8.25. The number of thiazole rings is 1. The zero-order valence-electron chi connectivity index (χ0n) is 23.3. The molecule has 1 amide bonds. The average Bonchev–Trinajstić information content (AvgIpc) is 3.45. The summed E-state index contributed by atoms with van der Waals surface area (Å²) in [5.74, 6) is 0.715. The lowest BCUT2D eigenvalue weighted by Gasteiger charge is -2.47. The Kier molecular flexibility index (Phi) is 12.5. The molecule has 2 heterocycles. The molecule has 4 rings (SSSR count). The van der Waals surface area contributed by atoms with Gasteiger partial charge in [-0.1, -0.05) is 12.1 Å². The second kappa shape index (κ2) is 15.6. The van der Waals surface area contributed by atoms with Crippen molar-refractivity contribution in [2.75, 3.05) is 42.1 Å². The highest BCUT2D eigenvalue weighted by Crippen LogP contribution is 2.50. The molecule has 1 fully saturated rings. The molecule has 2 aromatic carbocycles. The van der Waals surface area contributed by atoms with Gasteiger partial charge in [0.25, 0.3) is 5.91 Å². The van der Waals surface area contributed by atoms with Crippen LogP contribution >= 0.6 is 34.5 Å². The van der Waals surface area contributed by atoms with Crippen LogP contribution in [0.15, 0.2) is 54.0 Å². The van der Waals surface area contributed by atoms with E-state index in [1.165, 1.54) is 11.3 Å². The fourth-order valence-electron chi connectivity index (χ4n) is 4.66. The fourth-order valence-corrected chi connectivity index (χ4v) is 7.02. The number of aliphatic hydroxyl groups is 1. The number of benzene rings is 2. The van der Waals surface area contributed by atoms with E-state index < -0.39 is 22.9 Å². The van der Waals surface area contributed by atoms with Crippen molar-refractivity contribution < 1.29 is 23.7 Å². The molecule has 1 aliphatic rings. The van der Waals surface area contributed by atoms with Crippen molar-refractivity contribution >= 4 is 51.8 Å². The van der Waals surface area contributed by atoms with Gasteiger partial charge in [0, 0.05) is 55.4 Å². The Bertz CT molecular complexity index is 1250. The van der Waals surface area contributed by atoms with Gasteiger partial charge < -0.3 is 25.8 Å². The van der Waals surface area contributed by atoms with Crippen molar-refractivity contribution in [3.63, 3.8) is 0 Å². The van der Waals surface area contributed by atoms with Gasteiger partial charge in [0.15, 0.2) is 0 Å². The molecule has 0 aliphatic carbocycles. The summed E-state index contributed by atoms with van der Waals surface area (Å²) in [7, 11) is -1.33. The van der Waals surface area contributed by atoms with E-state index in [1.54, 1.807) is 29.7 Å². The van der Waals surface area contributed by atoms with Crippen molar-refractivity contribution in [1.82, 2.24) is 15.6 Å². The molecule has 0 saturated carbocycles. The zero-order valence-corrected chi connectivity index (χ0v) is 25.7. The van der Waals surface area contributed by atoms with E-state index >= 15 is 0 Å². The minimum atomic E-state index is -2.95. The molecule has 1 aromatic heterocycles. The number of halogens is 1. The number of amides is 1. The molecule has 1 saturated heterocycles. The number of anilines is 2. The minimum Gasteiger partial charge on any atom is -0.497 e. The molecule has 10 nitrogen and oxygen atoms in total. The maximum absolute atomic E-state index is 13.6. The molecule has 13 heteroatoms. The van der Waals surface area contributed by atoms with E-state index in [9.17, 15) is 19.0 Å². The Morgan fingerprint density at radius 2 is 2.05 bits per heavy atom. The molecule has 0 bridgehead atoms. The van der Waals surface area contributed by atoms with E-state index in [2.05, 4.69) is 20.9 Å². The van der Waals surface area contributed by atoms with Crippen LogP contribution in [0.3, 0.4) is 0 Å². The van der Waals surface area contributed by atoms with Crippen molar-refractivity contribution in [1.29, 1.82) is 0 Å². The van der Waals surface area contributed by atoms with Gasteiger partial charge in [-0.05, 0) is 55.7 Å². The van der Waals surface area contributed by atoms with Crippen LogP contribution in [0, 0.1) is 0 Å². The van der Waals surface area contributed by atoms with Gasteiger partial charge >= 0.3 is 0 Å². The average molecular weight is 626 g/mol. The highest BCUT2D eigenvalue weighted by Gasteiger charge is 2.29. The van der Waals surface area contributed by atoms with Crippen LogP contribution in [0.5, 0.6) is 5.75 Å². The van der Waals surface area contributed by atoms with Crippen LogP contribution in [-0.2, 0) is 13.0 Å².